The van der Waals surface area contributed by atoms with Crippen LogP contribution in [-0.2, 0) is 17.6 Å². The van der Waals surface area contributed by atoms with Crippen molar-refractivity contribution >= 4 is 40.0 Å². The number of aryl methyl sites for hydroxylation is 2. The molecule has 45 heavy (non-hydrogen) atoms. The van der Waals surface area contributed by atoms with Crippen LogP contribution in [0.1, 0.15) is 87.1 Å². The van der Waals surface area contributed by atoms with Gasteiger partial charge in [-0.15, -0.1) is 4.73 Å². The lowest BCUT2D eigenvalue weighted by atomic mass is 9.88. The number of anilines is 1. The van der Waals surface area contributed by atoms with Gasteiger partial charge in [-0.05, 0) is 120 Å². The average molecular weight is 627 g/mol. The molecule has 0 bridgehead atoms. The van der Waals surface area contributed by atoms with E-state index in [9.17, 15) is 9.59 Å². The van der Waals surface area contributed by atoms with Crippen LogP contribution in [0.15, 0.2) is 65.1 Å². The molecule has 2 aromatic carbocycles. The molecule has 4 aromatic rings. The highest BCUT2D eigenvalue weighted by atomic mass is 35.5. The number of ether oxygens (including phenoxy) is 1. The number of carbonyl (C=O) groups excluding carboxylic acids is 1. The molecule has 8 nitrogen and oxygen atoms in total. The molecule has 0 spiro atoms. The normalized spacial score (nSPS) is 15.4. The number of esters is 1. The summed E-state index contributed by atoms with van der Waals surface area (Å²) in [7, 11) is 0. The molecular weight excluding hydrogens is 588 g/mol. The maximum atomic E-state index is 13.9. The summed E-state index contributed by atoms with van der Waals surface area (Å²) in [5.41, 5.74) is 6.34. The van der Waals surface area contributed by atoms with Crippen LogP contribution in [0.3, 0.4) is 0 Å². The number of piperidine rings is 1. The van der Waals surface area contributed by atoms with Crippen LogP contribution in [0.2, 0.25) is 5.02 Å². The third kappa shape index (κ3) is 6.47. The van der Waals surface area contributed by atoms with Crippen molar-refractivity contribution in [1.82, 2.24) is 14.7 Å². The molecule has 9 heteroatoms. The number of pyridine rings is 1. The number of carbonyl (C=O) groups is 1. The fourth-order valence-corrected chi connectivity index (χ4v) is 6.23. The summed E-state index contributed by atoms with van der Waals surface area (Å²) < 4.78 is 6.88. The highest BCUT2D eigenvalue weighted by molar-refractivity contribution is 6.30. The first-order valence-electron chi connectivity index (χ1n) is 15.5. The summed E-state index contributed by atoms with van der Waals surface area (Å²) in [6.45, 7) is 12.4. The number of rotatable bonds is 3. The van der Waals surface area contributed by atoms with Gasteiger partial charge in [0.25, 0.3) is 5.56 Å². The molecule has 1 fully saturated rings. The lowest BCUT2D eigenvalue weighted by molar-refractivity contribution is -0.0189. The summed E-state index contributed by atoms with van der Waals surface area (Å²) in [6.07, 6.45) is 5.19. The zero-order valence-corrected chi connectivity index (χ0v) is 27.5. The molecule has 234 valence electrons. The van der Waals surface area contributed by atoms with Crippen LogP contribution in [0.4, 0.5) is 5.95 Å². The maximum absolute atomic E-state index is 13.9. The Morgan fingerprint density at radius 3 is 2.33 bits per heavy atom. The van der Waals surface area contributed by atoms with E-state index in [4.69, 9.17) is 31.1 Å². The van der Waals surface area contributed by atoms with E-state index < -0.39 is 17.2 Å². The van der Waals surface area contributed by atoms with Gasteiger partial charge in [-0.1, -0.05) is 29.3 Å². The van der Waals surface area contributed by atoms with E-state index in [1.54, 1.807) is 18.2 Å². The minimum Gasteiger partial charge on any atom is -0.456 e. The van der Waals surface area contributed by atoms with Gasteiger partial charge in [0.15, 0.2) is 0 Å². The average Bonchev–Trinajstić information content (AvgIpc) is 3.13. The minimum absolute atomic E-state index is 0.322. The van der Waals surface area contributed by atoms with Gasteiger partial charge in [0, 0.05) is 29.9 Å². The Kier molecular flexibility index (Phi) is 7.98. The van der Waals surface area contributed by atoms with E-state index in [1.165, 1.54) is 32.6 Å². The van der Waals surface area contributed by atoms with Crippen molar-refractivity contribution in [3.05, 3.63) is 104 Å². The third-order valence-electron chi connectivity index (χ3n) is 7.95. The van der Waals surface area contributed by atoms with Crippen LogP contribution in [-0.4, -0.2) is 45.0 Å². The van der Waals surface area contributed by atoms with Crippen molar-refractivity contribution in [2.75, 3.05) is 18.0 Å². The van der Waals surface area contributed by atoms with Crippen LogP contribution in [0.25, 0.3) is 16.5 Å². The molecule has 1 aliphatic carbocycles. The molecule has 6 rings (SSSR count). The largest absolute Gasteiger partial charge is 0.456 e. The number of benzene rings is 2. The molecule has 2 aromatic heterocycles. The molecule has 1 saturated heterocycles. The second-order valence-corrected chi connectivity index (χ2v) is 14.2. The Balaban J connectivity index is 1.41. The molecular formula is C36H39ClN4O4. The van der Waals surface area contributed by atoms with Crippen molar-refractivity contribution in [2.24, 2.45) is 0 Å². The molecule has 2 aliphatic rings. The minimum atomic E-state index is -0.645. The van der Waals surface area contributed by atoms with E-state index in [1.807, 2.05) is 59.9 Å². The summed E-state index contributed by atoms with van der Waals surface area (Å²) >= 11 is 6.42. The van der Waals surface area contributed by atoms with Crippen molar-refractivity contribution in [2.45, 2.75) is 78.4 Å². The Labute approximate surface area is 268 Å². The van der Waals surface area contributed by atoms with E-state index in [0.29, 0.717) is 35.5 Å². The Morgan fingerprint density at radius 2 is 1.62 bits per heavy atom. The van der Waals surface area contributed by atoms with Gasteiger partial charge >= 0.3 is 5.97 Å². The predicted octanol–water partition coefficient (Wildman–Crippen LogP) is 6.83. The van der Waals surface area contributed by atoms with Crippen molar-refractivity contribution < 1.29 is 14.4 Å². The number of halogens is 1. The SMILES string of the molecule is CC(C)(C)OC(=O)c1ccc2c(=O)n(OC(C)(C)C)c(N3CCC(=C4c5ccc(Cl)cc5CCc5cccnc54)CC3)nc2c1. The van der Waals surface area contributed by atoms with Gasteiger partial charge in [-0.2, -0.15) is 0 Å². The van der Waals surface area contributed by atoms with E-state index in [0.717, 1.165) is 36.4 Å². The first-order chi connectivity index (χ1) is 21.3. The molecule has 0 unspecified atom stereocenters. The monoisotopic (exact) mass is 626 g/mol. The van der Waals surface area contributed by atoms with Crippen molar-refractivity contribution in [3.63, 3.8) is 0 Å². The smallest absolute Gasteiger partial charge is 0.338 e. The second-order valence-electron chi connectivity index (χ2n) is 13.7. The maximum Gasteiger partial charge on any atom is 0.338 e. The highest BCUT2D eigenvalue weighted by Crippen LogP contribution is 2.39. The van der Waals surface area contributed by atoms with Crippen LogP contribution in [0.5, 0.6) is 0 Å². The molecule has 0 radical (unpaired) electrons. The first kappa shape index (κ1) is 30.8. The van der Waals surface area contributed by atoms with Gasteiger partial charge < -0.3 is 14.5 Å². The Hall–Kier alpha value is -4.17. The first-order valence-corrected chi connectivity index (χ1v) is 15.8. The number of hydrogen-bond acceptors (Lipinski definition) is 7. The lowest BCUT2D eigenvalue weighted by Crippen LogP contribution is -2.43. The number of aromatic nitrogens is 3. The topological polar surface area (TPSA) is 86.5 Å². The van der Waals surface area contributed by atoms with Gasteiger partial charge in [0.05, 0.1) is 22.2 Å². The second kappa shape index (κ2) is 11.6. The van der Waals surface area contributed by atoms with Gasteiger partial charge in [-0.25, -0.2) is 9.78 Å². The molecule has 1 aliphatic heterocycles. The molecule has 0 N–H and O–H groups in total. The summed E-state index contributed by atoms with van der Waals surface area (Å²) in [5.74, 6) is -0.0460. The van der Waals surface area contributed by atoms with Gasteiger partial charge in [-0.3, -0.25) is 9.78 Å². The fraction of sp³-hybridized carbons (Fsp3) is 0.389. The lowest BCUT2D eigenvalue weighted by Gasteiger charge is -2.33. The van der Waals surface area contributed by atoms with Crippen molar-refractivity contribution in [1.29, 1.82) is 0 Å². The molecule has 3 heterocycles. The molecule has 0 atom stereocenters. The highest BCUT2D eigenvalue weighted by Gasteiger charge is 2.29. The number of nitrogens with zero attached hydrogens (tertiary/aromatic N) is 4. The molecule has 0 amide bonds. The van der Waals surface area contributed by atoms with Crippen LogP contribution < -0.4 is 15.3 Å². The van der Waals surface area contributed by atoms with Gasteiger partial charge in [0.2, 0.25) is 5.95 Å². The number of fused-ring (bicyclic) bond motifs is 3. The van der Waals surface area contributed by atoms with Crippen LogP contribution >= 0.6 is 11.6 Å². The summed E-state index contributed by atoms with van der Waals surface area (Å²) in [4.78, 5) is 44.8. The fourth-order valence-electron chi connectivity index (χ4n) is 6.04. The summed E-state index contributed by atoms with van der Waals surface area (Å²) in [6, 6.07) is 15.2. The standard InChI is InChI=1S/C36H39ClN4O4/c1-35(2,3)44-33(43)25-11-13-28-29(21-25)39-34(41(32(28)42)45-36(4,5)6)40-18-15-22(16-19-40)30-27-14-12-26(37)20-24(27)10-9-23-8-7-17-38-31(23)30/h7-8,11-14,17,20-21H,9-10,15-16,18-19H2,1-6H3. The van der Waals surface area contributed by atoms with Crippen molar-refractivity contribution in [3.8, 4) is 0 Å². The van der Waals surface area contributed by atoms with Crippen LogP contribution in [0, 0.1) is 0 Å². The third-order valence-corrected chi connectivity index (χ3v) is 8.18. The summed E-state index contributed by atoms with van der Waals surface area (Å²) in [5, 5.41) is 1.10. The van der Waals surface area contributed by atoms with E-state index >= 15 is 0 Å². The zero-order chi connectivity index (χ0) is 32.1. The quantitative estimate of drug-likeness (QED) is 0.230. The Morgan fingerprint density at radius 1 is 0.889 bits per heavy atom. The van der Waals surface area contributed by atoms with E-state index in [-0.39, 0.29) is 5.56 Å². The van der Waals surface area contributed by atoms with Gasteiger partial charge in [0.1, 0.15) is 11.2 Å². The Bertz CT molecular complexity index is 1890. The predicted molar refractivity (Wildman–Crippen MR) is 178 cm³/mol. The number of hydrogen-bond donors (Lipinski definition) is 0. The molecule has 0 saturated carbocycles. The zero-order valence-electron chi connectivity index (χ0n) is 26.7. The van der Waals surface area contributed by atoms with E-state index in [2.05, 4.69) is 23.1 Å².